The first-order chi connectivity index (χ1) is 17.9. The number of ketones is 2. The van der Waals surface area contributed by atoms with Gasteiger partial charge in [-0.3, -0.25) is 9.59 Å². The lowest BCUT2D eigenvalue weighted by molar-refractivity contribution is -0.149. The smallest absolute Gasteiger partial charge is 0.335 e. The summed E-state index contributed by atoms with van der Waals surface area (Å²) < 4.78 is 11.0. The zero-order valence-electron chi connectivity index (χ0n) is 24.1. The number of allylic oxidation sites excluding steroid dienone is 5. The van der Waals surface area contributed by atoms with Crippen LogP contribution >= 0.6 is 0 Å². The number of esters is 2. The maximum absolute atomic E-state index is 13.8. The highest BCUT2D eigenvalue weighted by molar-refractivity contribution is 6.00. The standard InChI is InChI=1S/C32H46O6/c1-22(2)11-10-16-32(6)17-14-26(21-38-31(36)25-12-8-7-9-13-25)30(35)27(20-24(5)33)28(32)15-18-37-29(34)19-23(3)4/h11,14-15,18-19,25,27-28H,7-10,12-13,16-17,20-21H2,1-6H3/b18-15+/t27-,28-,32-/m0/s1. The summed E-state index contributed by atoms with van der Waals surface area (Å²) in [6, 6.07) is 0. The van der Waals surface area contributed by atoms with E-state index in [1.165, 1.54) is 24.8 Å². The lowest BCUT2D eigenvalue weighted by Crippen LogP contribution is -2.36. The molecule has 2 aliphatic carbocycles. The van der Waals surface area contributed by atoms with Crippen LogP contribution in [0.15, 0.2) is 47.3 Å². The molecule has 2 aliphatic rings. The third-order valence-corrected chi connectivity index (χ3v) is 7.67. The minimum atomic E-state index is -0.634. The average Bonchev–Trinajstić information content (AvgIpc) is 2.93. The van der Waals surface area contributed by atoms with Crippen molar-refractivity contribution < 1.29 is 28.7 Å². The van der Waals surface area contributed by atoms with Crippen LogP contribution in [0.4, 0.5) is 0 Å². The highest BCUT2D eigenvalue weighted by atomic mass is 16.5. The number of rotatable bonds is 11. The summed E-state index contributed by atoms with van der Waals surface area (Å²) in [4.78, 5) is 50.9. The Morgan fingerprint density at radius 1 is 1.03 bits per heavy atom. The predicted molar refractivity (Wildman–Crippen MR) is 149 cm³/mol. The molecule has 0 unspecified atom stereocenters. The van der Waals surface area contributed by atoms with Gasteiger partial charge in [-0.25, -0.2) is 4.79 Å². The number of ether oxygens (including phenoxy) is 2. The van der Waals surface area contributed by atoms with E-state index in [1.807, 2.05) is 19.9 Å². The van der Waals surface area contributed by atoms with E-state index in [0.717, 1.165) is 50.5 Å². The van der Waals surface area contributed by atoms with Crippen LogP contribution in [-0.4, -0.2) is 30.1 Å². The monoisotopic (exact) mass is 526 g/mol. The fourth-order valence-corrected chi connectivity index (χ4v) is 5.53. The van der Waals surface area contributed by atoms with Gasteiger partial charge in [-0.15, -0.1) is 0 Å². The fraction of sp³-hybridized carbons (Fsp3) is 0.625. The van der Waals surface area contributed by atoms with Crippen molar-refractivity contribution in [1.29, 1.82) is 0 Å². The quantitative estimate of drug-likeness (QED) is 0.125. The summed E-state index contributed by atoms with van der Waals surface area (Å²) in [7, 11) is 0. The van der Waals surface area contributed by atoms with Gasteiger partial charge in [-0.05, 0) is 84.1 Å². The van der Waals surface area contributed by atoms with Crippen LogP contribution in [-0.2, 0) is 28.7 Å². The molecule has 0 heterocycles. The van der Waals surface area contributed by atoms with E-state index in [1.54, 1.807) is 6.08 Å². The van der Waals surface area contributed by atoms with E-state index in [9.17, 15) is 19.2 Å². The molecule has 0 bridgehead atoms. The fourth-order valence-electron chi connectivity index (χ4n) is 5.53. The molecular formula is C32H46O6. The maximum atomic E-state index is 13.8. The van der Waals surface area contributed by atoms with Crippen molar-refractivity contribution in [2.45, 2.75) is 99.3 Å². The van der Waals surface area contributed by atoms with E-state index in [-0.39, 0.29) is 47.8 Å². The van der Waals surface area contributed by atoms with E-state index in [0.29, 0.717) is 12.0 Å². The molecule has 0 radical (unpaired) electrons. The van der Waals surface area contributed by atoms with Crippen molar-refractivity contribution in [3.63, 3.8) is 0 Å². The minimum absolute atomic E-state index is 0.0708. The molecule has 210 valence electrons. The van der Waals surface area contributed by atoms with Gasteiger partial charge in [0, 0.05) is 24.0 Å². The third kappa shape index (κ3) is 9.85. The first kappa shape index (κ1) is 31.5. The lowest BCUT2D eigenvalue weighted by atomic mass is 9.65. The van der Waals surface area contributed by atoms with Crippen LogP contribution in [0.1, 0.15) is 99.3 Å². The van der Waals surface area contributed by atoms with Crippen LogP contribution < -0.4 is 0 Å². The molecule has 0 N–H and O–H groups in total. The molecule has 38 heavy (non-hydrogen) atoms. The number of hydrogen-bond donors (Lipinski definition) is 0. The van der Waals surface area contributed by atoms with Gasteiger partial charge in [0.25, 0.3) is 0 Å². The Bertz CT molecular complexity index is 983. The van der Waals surface area contributed by atoms with Gasteiger partial charge >= 0.3 is 11.9 Å². The number of carbonyl (C=O) groups excluding carboxylic acids is 4. The molecule has 1 fully saturated rings. The molecule has 0 saturated heterocycles. The first-order valence-corrected chi connectivity index (χ1v) is 14.0. The maximum Gasteiger partial charge on any atom is 0.335 e. The molecule has 2 rings (SSSR count). The molecule has 0 aromatic rings. The predicted octanol–water partition coefficient (Wildman–Crippen LogP) is 7.00. The van der Waals surface area contributed by atoms with Gasteiger partial charge in [0.05, 0.1) is 12.2 Å². The Labute approximate surface area is 228 Å². The molecule has 6 nitrogen and oxygen atoms in total. The van der Waals surface area contributed by atoms with Crippen LogP contribution in [0.5, 0.6) is 0 Å². The zero-order valence-corrected chi connectivity index (χ0v) is 24.1. The van der Waals surface area contributed by atoms with Gasteiger partial charge in [-0.1, -0.05) is 49.5 Å². The molecule has 0 aromatic carbocycles. The summed E-state index contributed by atoms with van der Waals surface area (Å²) in [5, 5.41) is 0. The lowest BCUT2D eigenvalue weighted by Gasteiger charge is -2.38. The van der Waals surface area contributed by atoms with E-state index < -0.39 is 11.9 Å². The van der Waals surface area contributed by atoms with Crippen LogP contribution in [0.3, 0.4) is 0 Å². The Morgan fingerprint density at radius 2 is 1.71 bits per heavy atom. The number of carbonyl (C=O) groups is 4. The topological polar surface area (TPSA) is 86.7 Å². The van der Waals surface area contributed by atoms with E-state index >= 15 is 0 Å². The van der Waals surface area contributed by atoms with Gasteiger partial charge in [0.2, 0.25) is 0 Å². The van der Waals surface area contributed by atoms with Crippen LogP contribution in [0.25, 0.3) is 0 Å². The summed E-state index contributed by atoms with van der Waals surface area (Å²) in [6.07, 6.45) is 15.7. The third-order valence-electron chi connectivity index (χ3n) is 7.67. The van der Waals surface area contributed by atoms with Gasteiger partial charge in [-0.2, -0.15) is 0 Å². The second-order valence-corrected chi connectivity index (χ2v) is 11.7. The molecule has 1 saturated carbocycles. The normalized spacial score (nSPS) is 24.3. The second-order valence-electron chi connectivity index (χ2n) is 11.7. The zero-order chi connectivity index (χ0) is 28.3. The molecule has 0 amide bonds. The van der Waals surface area contributed by atoms with Crippen molar-refractivity contribution in [3.8, 4) is 0 Å². The Hall–Kier alpha value is -2.76. The van der Waals surface area contributed by atoms with Crippen LogP contribution in [0, 0.1) is 23.2 Å². The molecular weight excluding hydrogens is 480 g/mol. The Morgan fingerprint density at radius 3 is 2.32 bits per heavy atom. The van der Waals surface area contributed by atoms with Crippen molar-refractivity contribution in [1.82, 2.24) is 0 Å². The van der Waals surface area contributed by atoms with Crippen molar-refractivity contribution in [2.24, 2.45) is 23.2 Å². The number of Topliss-reactive ketones (excluding diaryl/α,β-unsaturated/α-hetero) is 2. The second kappa shape index (κ2) is 15.0. The van der Waals surface area contributed by atoms with Gasteiger partial charge in [0.1, 0.15) is 12.4 Å². The van der Waals surface area contributed by atoms with Crippen molar-refractivity contribution in [3.05, 3.63) is 47.3 Å². The highest BCUT2D eigenvalue weighted by Gasteiger charge is 2.43. The summed E-state index contributed by atoms with van der Waals surface area (Å²) in [6.45, 7) is 11.3. The molecule has 3 atom stereocenters. The summed E-state index contributed by atoms with van der Waals surface area (Å²) >= 11 is 0. The van der Waals surface area contributed by atoms with E-state index in [2.05, 4.69) is 26.8 Å². The Balaban J connectivity index is 2.35. The molecule has 0 aromatic heterocycles. The largest absolute Gasteiger partial charge is 0.460 e. The first-order valence-electron chi connectivity index (χ1n) is 14.0. The summed E-state index contributed by atoms with van der Waals surface area (Å²) in [5.41, 5.74) is 2.11. The molecule has 0 spiro atoms. The molecule has 0 aliphatic heterocycles. The average molecular weight is 527 g/mol. The van der Waals surface area contributed by atoms with Crippen LogP contribution in [0.2, 0.25) is 0 Å². The van der Waals surface area contributed by atoms with Crippen molar-refractivity contribution in [2.75, 3.05) is 6.61 Å². The highest BCUT2D eigenvalue weighted by Crippen LogP contribution is 2.46. The molecule has 6 heteroatoms. The summed E-state index contributed by atoms with van der Waals surface area (Å²) in [5.74, 6) is -2.05. The Kier molecular flexibility index (Phi) is 12.4. The number of hydrogen-bond acceptors (Lipinski definition) is 6. The SMILES string of the molecule is CC(=O)C[C@@H]1C(=O)C(COC(=O)C2CCCCC2)=CC[C@](C)(CCC=C(C)C)[C@H]1/C=C/OC(=O)C=C(C)C. The van der Waals surface area contributed by atoms with Gasteiger partial charge in [0.15, 0.2) is 5.78 Å². The van der Waals surface area contributed by atoms with Gasteiger partial charge < -0.3 is 14.3 Å². The van der Waals surface area contributed by atoms with Crippen molar-refractivity contribution >= 4 is 23.5 Å². The minimum Gasteiger partial charge on any atom is -0.460 e. The van der Waals surface area contributed by atoms with E-state index in [4.69, 9.17) is 9.47 Å².